The summed E-state index contributed by atoms with van der Waals surface area (Å²) in [6.45, 7) is 8.47. The second-order valence-corrected chi connectivity index (χ2v) is 6.37. The Morgan fingerprint density at radius 3 is 2.57 bits per heavy atom. The summed E-state index contributed by atoms with van der Waals surface area (Å²) in [5.41, 5.74) is 1.82. The quantitative estimate of drug-likeness (QED) is 0.796. The molecule has 1 aliphatic rings. The minimum absolute atomic E-state index is 0.389. The molecule has 3 nitrogen and oxygen atoms in total. The van der Waals surface area contributed by atoms with Crippen LogP contribution in [0.2, 0.25) is 0 Å². The molecule has 0 amide bonds. The first-order valence-electron chi connectivity index (χ1n) is 8.25. The maximum absolute atomic E-state index is 5.57. The summed E-state index contributed by atoms with van der Waals surface area (Å²) in [7, 11) is 2.26. The van der Waals surface area contributed by atoms with E-state index in [1.807, 2.05) is 0 Å². The van der Waals surface area contributed by atoms with Crippen molar-refractivity contribution in [3.63, 3.8) is 0 Å². The van der Waals surface area contributed by atoms with Crippen LogP contribution < -0.4 is 5.32 Å². The average Bonchev–Trinajstić information content (AvgIpc) is 2.53. The average molecular weight is 290 g/mol. The van der Waals surface area contributed by atoms with Crippen LogP contribution in [0.15, 0.2) is 30.3 Å². The van der Waals surface area contributed by atoms with Crippen molar-refractivity contribution in [3.8, 4) is 0 Å². The van der Waals surface area contributed by atoms with Crippen molar-refractivity contribution in [2.75, 3.05) is 46.4 Å². The van der Waals surface area contributed by atoms with E-state index in [2.05, 4.69) is 54.5 Å². The zero-order valence-corrected chi connectivity index (χ0v) is 13.6. The second-order valence-electron chi connectivity index (χ2n) is 6.37. The molecule has 1 saturated heterocycles. The fourth-order valence-corrected chi connectivity index (χ4v) is 3.20. The van der Waals surface area contributed by atoms with Crippen LogP contribution in [0, 0.1) is 5.41 Å². The summed E-state index contributed by atoms with van der Waals surface area (Å²) in [4.78, 5) is 2.50. The molecule has 0 aromatic heterocycles. The highest BCUT2D eigenvalue weighted by molar-refractivity contribution is 5.14. The third-order valence-corrected chi connectivity index (χ3v) is 4.53. The van der Waals surface area contributed by atoms with Gasteiger partial charge in [-0.25, -0.2) is 0 Å². The molecule has 1 fully saturated rings. The van der Waals surface area contributed by atoms with Crippen molar-refractivity contribution in [1.82, 2.24) is 10.2 Å². The number of ether oxygens (including phenoxy) is 1. The molecular weight excluding hydrogens is 260 g/mol. The van der Waals surface area contributed by atoms with Gasteiger partial charge in [0.2, 0.25) is 0 Å². The van der Waals surface area contributed by atoms with Gasteiger partial charge < -0.3 is 15.0 Å². The first-order valence-corrected chi connectivity index (χ1v) is 8.25. The van der Waals surface area contributed by atoms with Crippen LogP contribution in [-0.2, 0) is 11.2 Å². The number of nitrogens with one attached hydrogen (secondary N) is 1. The van der Waals surface area contributed by atoms with E-state index in [1.165, 1.54) is 18.4 Å². The number of benzene rings is 1. The van der Waals surface area contributed by atoms with Gasteiger partial charge in [0.05, 0.1) is 0 Å². The number of nitrogens with zero attached hydrogens (tertiary/aromatic N) is 1. The molecule has 3 heteroatoms. The molecule has 1 aromatic carbocycles. The first kappa shape index (κ1) is 16.5. The van der Waals surface area contributed by atoms with Crippen molar-refractivity contribution in [2.45, 2.75) is 26.2 Å². The lowest BCUT2D eigenvalue weighted by Crippen LogP contribution is -2.46. The molecule has 1 aromatic rings. The molecule has 0 radical (unpaired) electrons. The fraction of sp³-hybridized carbons (Fsp3) is 0.667. The number of rotatable bonds is 8. The minimum atomic E-state index is 0.389. The summed E-state index contributed by atoms with van der Waals surface area (Å²) in [6.07, 6.45) is 3.48. The van der Waals surface area contributed by atoms with E-state index in [0.717, 1.165) is 45.8 Å². The Kier molecular flexibility index (Phi) is 6.68. The molecule has 1 aliphatic heterocycles. The van der Waals surface area contributed by atoms with E-state index in [4.69, 9.17) is 4.74 Å². The van der Waals surface area contributed by atoms with Crippen LogP contribution in [0.1, 0.15) is 25.3 Å². The van der Waals surface area contributed by atoms with E-state index < -0.39 is 0 Å². The maximum Gasteiger partial charge on any atom is 0.0472 e. The van der Waals surface area contributed by atoms with Gasteiger partial charge in [-0.1, -0.05) is 37.3 Å². The Bertz CT molecular complexity index is 387. The van der Waals surface area contributed by atoms with Crippen molar-refractivity contribution in [1.29, 1.82) is 0 Å². The summed E-state index contributed by atoms with van der Waals surface area (Å²) in [5.74, 6) is 0. The van der Waals surface area contributed by atoms with Crippen LogP contribution in [0.4, 0.5) is 0 Å². The maximum atomic E-state index is 5.57. The highest BCUT2D eigenvalue weighted by Crippen LogP contribution is 2.30. The second kappa shape index (κ2) is 8.52. The smallest absolute Gasteiger partial charge is 0.0472 e. The summed E-state index contributed by atoms with van der Waals surface area (Å²) in [5, 5.41) is 3.56. The van der Waals surface area contributed by atoms with Crippen molar-refractivity contribution >= 4 is 0 Å². The Balaban J connectivity index is 1.84. The monoisotopic (exact) mass is 290 g/mol. The lowest BCUT2D eigenvalue weighted by Gasteiger charge is -2.40. The molecule has 1 N–H and O–H groups in total. The highest BCUT2D eigenvalue weighted by Gasteiger charge is 2.33. The van der Waals surface area contributed by atoms with Gasteiger partial charge in [-0.05, 0) is 43.8 Å². The summed E-state index contributed by atoms with van der Waals surface area (Å²) < 4.78 is 5.57. The van der Waals surface area contributed by atoms with Crippen LogP contribution in [0.5, 0.6) is 0 Å². The number of hydrogen-bond donors (Lipinski definition) is 1. The van der Waals surface area contributed by atoms with E-state index >= 15 is 0 Å². The van der Waals surface area contributed by atoms with Crippen molar-refractivity contribution < 1.29 is 4.74 Å². The van der Waals surface area contributed by atoms with Gasteiger partial charge in [0, 0.05) is 32.8 Å². The zero-order chi connectivity index (χ0) is 15.0. The molecule has 0 aliphatic carbocycles. The van der Waals surface area contributed by atoms with Crippen molar-refractivity contribution in [3.05, 3.63) is 35.9 Å². The normalized spacial score (nSPS) is 18.0. The topological polar surface area (TPSA) is 24.5 Å². The Morgan fingerprint density at radius 2 is 1.90 bits per heavy atom. The summed E-state index contributed by atoms with van der Waals surface area (Å²) in [6, 6.07) is 10.8. The Hall–Kier alpha value is -0.900. The number of likely N-dealkylation sites (N-methyl/N-ethyl adjacent to an activating group) is 1. The third kappa shape index (κ3) is 5.42. The predicted molar refractivity (Wildman–Crippen MR) is 88.7 cm³/mol. The lowest BCUT2D eigenvalue weighted by molar-refractivity contribution is -0.000185. The fourth-order valence-electron chi connectivity index (χ4n) is 3.20. The van der Waals surface area contributed by atoms with Gasteiger partial charge in [-0.3, -0.25) is 0 Å². The molecule has 0 spiro atoms. The summed E-state index contributed by atoms with van der Waals surface area (Å²) >= 11 is 0. The van der Waals surface area contributed by atoms with E-state index in [1.54, 1.807) is 0 Å². The van der Waals surface area contributed by atoms with Crippen LogP contribution in [0.3, 0.4) is 0 Å². The number of hydrogen-bond acceptors (Lipinski definition) is 3. The Labute approximate surface area is 129 Å². The third-order valence-electron chi connectivity index (χ3n) is 4.53. The SMILES string of the molecule is CCNCC1(CN(C)CCc2ccccc2)CCOCC1. The van der Waals surface area contributed by atoms with Gasteiger partial charge in [-0.15, -0.1) is 0 Å². The minimum Gasteiger partial charge on any atom is -0.381 e. The zero-order valence-electron chi connectivity index (χ0n) is 13.6. The van der Waals surface area contributed by atoms with Gasteiger partial charge in [0.1, 0.15) is 0 Å². The van der Waals surface area contributed by atoms with Gasteiger partial charge in [-0.2, -0.15) is 0 Å². The van der Waals surface area contributed by atoms with Gasteiger partial charge >= 0.3 is 0 Å². The van der Waals surface area contributed by atoms with Gasteiger partial charge in [0.15, 0.2) is 0 Å². The molecule has 0 unspecified atom stereocenters. The Morgan fingerprint density at radius 1 is 1.19 bits per heavy atom. The van der Waals surface area contributed by atoms with Crippen LogP contribution in [-0.4, -0.2) is 51.3 Å². The predicted octanol–water partition coefficient (Wildman–Crippen LogP) is 2.57. The molecule has 0 atom stereocenters. The highest BCUT2D eigenvalue weighted by atomic mass is 16.5. The standard InChI is InChI=1S/C18H30N2O/c1-3-19-15-18(10-13-21-14-11-18)16-20(2)12-9-17-7-5-4-6-8-17/h4-8,19H,3,9-16H2,1-2H3. The molecule has 2 rings (SSSR count). The lowest BCUT2D eigenvalue weighted by atomic mass is 9.79. The molecule has 0 saturated carbocycles. The van der Waals surface area contributed by atoms with Gasteiger partial charge in [0.25, 0.3) is 0 Å². The molecular formula is C18H30N2O. The molecule has 1 heterocycles. The van der Waals surface area contributed by atoms with Crippen LogP contribution in [0.25, 0.3) is 0 Å². The van der Waals surface area contributed by atoms with E-state index in [0.29, 0.717) is 5.41 Å². The molecule has 118 valence electrons. The van der Waals surface area contributed by atoms with E-state index in [-0.39, 0.29) is 0 Å². The van der Waals surface area contributed by atoms with Crippen molar-refractivity contribution in [2.24, 2.45) is 5.41 Å². The van der Waals surface area contributed by atoms with Crippen LogP contribution >= 0.6 is 0 Å². The largest absolute Gasteiger partial charge is 0.381 e. The molecule has 21 heavy (non-hydrogen) atoms. The van der Waals surface area contributed by atoms with E-state index in [9.17, 15) is 0 Å². The first-order chi connectivity index (χ1) is 10.2. The molecule has 0 bridgehead atoms.